The standard InChI is InChI=1S/C18H32N4O3/c1-14(23)21-10-12-22(13-11-21)15(24)18(8-6-5-7-9-18)20-16(25)19-17(2,3)4/h5-13H2,1-4H3,(H2,19,20,25). The summed E-state index contributed by atoms with van der Waals surface area (Å²) in [6.45, 7) is 9.50. The third-order valence-electron chi connectivity index (χ3n) is 4.97. The van der Waals surface area contributed by atoms with Gasteiger partial charge in [-0.3, -0.25) is 9.59 Å². The largest absolute Gasteiger partial charge is 0.339 e. The van der Waals surface area contributed by atoms with Crippen LogP contribution < -0.4 is 10.6 Å². The van der Waals surface area contributed by atoms with Crippen molar-refractivity contribution in [1.82, 2.24) is 20.4 Å². The Balaban J connectivity index is 2.07. The lowest BCUT2D eigenvalue weighted by atomic mass is 9.80. The van der Waals surface area contributed by atoms with Crippen molar-refractivity contribution in [3.8, 4) is 0 Å². The van der Waals surface area contributed by atoms with Crippen LogP contribution in [0.4, 0.5) is 4.79 Å². The number of rotatable bonds is 2. The Morgan fingerprint density at radius 2 is 1.40 bits per heavy atom. The maximum absolute atomic E-state index is 13.2. The number of amides is 4. The summed E-state index contributed by atoms with van der Waals surface area (Å²) in [5.74, 6) is 0.0432. The number of hydrogen-bond acceptors (Lipinski definition) is 3. The lowest BCUT2D eigenvalue weighted by Crippen LogP contribution is -2.65. The second kappa shape index (κ2) is 7.62. The second-order valence-corrected chi connectivity index (χ2v) is 8.27. The highest BCUT2D eigenvalue weighted by molar-refractivity contribution is 5.91. The van der Waals surface area contributed by atoms with Crippen molar-refractivity contribution in [1.29, 1.82) is 0 Å². The van der Waals surface area contributed by atoms with Gasteiger partial charge in [-0.05, 0) is 33.6 Å². The number of carbonyl (C=O) groups excluding carboxylic acids is 3. The number of carbonyl (C=O) groups is 3. The molecule has 2 rings (SSSR count). The van der Waals surface area contributed by atoms with E-state index < -0.39 is 5.54 Å². The molecule has 0 aromatic carbocycles. The maximum atomic E-state index is 13.2. The zero-order valence-corrected chi connectivity index (χ0v) is 16.0. The third kappa shape index (κ3) is 5.09. The van der Waals surface area contributed by atoms with Gasteiger partial charge in [-0.1, -0.05) is 19.3 Å². The summed E-state index contributed by atoms with van der Waals surface area (Å²) >= 11 is 0. The molecule has 25 heavy (non-hydrogen) atoms. The van der Waals surface area contributed by atoms with Crippen LogP contribution in [0.1, 0.15) is 59.8 Å². The fraction of sp³-hybridized carbons (Fsp3) is 0.833. The summed E-state index contributed by atoms with van der Waals surface area (Å²) in [7, 11) is 0. The van der Waals surface area contributed by atoms with E-state index in [0.717, 1.165) is 19.3 Å². The average Bonchev–Trinajstić information content (AvgIpc) is 2.53. The van der Waals surface area contributed by atoms with Crippen LogP contribution in [0.2, 0.25) is 0 Å². The molecule has 0 bridgehead atoms. The van der Waals surface area contributed by atoms with Gasteiger partial charge in [0.05, 0.1) is 0 Å². The molecule has 2 N–H and O–H groups in total. The minimum Gasteiger partial charge on any atom is -0.339 e. The maximum Gasteiger partial charge on any atom is 0.316 e. The quantitative estimate of drug-likeness (QED) is 0.790. The molecular formula is C18H32N4O3. The smallest absolute Gasteiger partial charge is 0.316 e. The van der Waals surface area contributed by atoms with Crippen molar-refractivity contribution in [2.45, 2.75) is 70.9 Å². The molecule has 1 aliphatic carbocycles. The molecule has 7 nitrogen and oxygen atoms in total. The van der Waals surface area contributed by atoms with Gasteiger partial charge in [0.15, 0.2) is 0 Å². The number of hydrogen-bond donors (Lipinski definition) is 2. The molecule has 2 aliphatic rings. The number of nitrogens with one attached hydrogen (secondary N) is 2. The van der Waals surface area contributed by atoms with Gasteiger partial charge in [0.25, 0.3) is 0 Å². The molecule has 1 saturated heterocycles. The van der Waals surface area contributed by atoms with Crippen molar-refractivity contribution >= 4 is 17.8 Å². The third-order valence-corrected chi connectivity index (χ3v) is 4.97. The lowest BCUT2D eigenvalue weighted by molar-refractivity contribution is -0.144. The summed E-state index contributed by atoms with van der Waals surface area (Å²) in [6, 6.07) is -0.287. The van der Waals surface area contributed by atoms with E-state index in [1.807, 2.05) is 25.7 Å². The van der Waals surface area contributed by atoms with Crippen LogP contribution in [0.5, 0.6) is 0 Å². The Morgan fingerprint density at radius 1 is 0.880 bits per heavy atom. The van der Waals surface area contributed by atoms with E-state index >= 15 is 0 Å². The van der Waals surface area contributed by atoms with Gasteiger partial charge >= 0.3 is 6.03 Å². The van der Waals surface area contributed by atoms with Crippen LogP contribution in [-0.2, 0) is 9.59 Å². The first kappa shape index (κ1) is 19.5. The van der Waals surface area contributed by atoms with Gasteiger partial charge in [-0.25, -0.2) is 4.79 Å². The fourth-order valence-electron chi connectivity index (χ4n) is 3.66. The molecule has 0 unspecified atom stereocenters. The Hall–Kier alpha value is -1.79. The highest BCUT2D eigenvalue weighted by Gasteiger charge is 2.44. The van der Waals surface area contributed by atoms with Crippen LogP contribution in [0, 0.1) is 0 Å². The monoisotopic (exact) mass is 352 g/mol. The van der Waals surface area contributed by atoms with Gasteiger partial charge in [-0.2, -0.15) is 0 Å². The fourth-order valence-corrected chi connectivity index (χ4v) is 3.66. The SMILES string of the molecule is CC(=O)N1CCN(C(=O)C2(NC(=O)NC(C)(C)C)CCCCC2)CC1. The van der Waals surface area contributed by atoms with Crippen molar-refractivity contribution in [2.24, 2.45) is 0 Å². The van der Waals surface area contributed by atoms with Gasteiger partial charge in [0.1, 0.15) is 5.54 Å². The van der Waals surface area contributed by atoms with Crippen LogP contribution in [0.3, 0.4) is 0 Å². The molecule has 7 heteroatoms. The first-order valence-corrected chi connectivity index (χ1v) is 9.28. The Bertz CT molecular complexity index is 513. The van der Waals surface area contributed by atoms with Crippen LogP contribution in [0.15, 0.2) is 0 Å². The molecule has 142 valence electrons. The highest BCUT2D eigenvalue weighted by atomic mass is 16.2. The molecule has 0 aromatic rings. The molecule has 0 radical (unpaired) electrons. The molecule has 0 aromatic heterocycles. The van der Waals surface area contributed by atoms with Gasteiger partial charge in [-0.15, -0.1) is 0 Å². The summed E-state index contributed by atoms with van der Waals surface area (Å²) < 4.78 is 0. The summed E-state index contributed by atoms with van der Waals surface area (Å²) in [5, 5.41) is 5.90. The van der Waals surface area contributed by atoms with E-state index in [9.17, 15) is 14.4 Å². The van der Waals surface area contributed by atoms with E-state index in [2.05, 4.69) is 10.6 Å². The zero-order valence-electron chi connectivity index (χ0n) is 16.0. The van der Waals surface area contributed by atoms with Gasteiger partial charge in [0, 0.05) is 38.6 Å². The molecule has 0 spiro atoms. The summed E-state index contributed by atoms with van der Waals surface area (Å²) in [4.78, 5) is 40.7. The molecule has 1 aliphatic heterocycles. The number of piperazine rings is 1. The van der Waals surface area contributed by atoms with Gasteiger partial charge in [0.2, 0.25) is 11.8 Å². The van der Waals surface area contributed by atoms with Crippen LogP contribution in [-0.4, -0.2) is 64.9 Å². The molecule has 0 atom stereocenters. The van der Waals surface area contributed by atoms with Crippen molar-refractivity contribution in [3.63, 3.8) is 0 Å². The van der Waals surface area contributed by atoms with Crippen molar-refractivity contribution < 1.29 is 14.4 Å². The molecule has 2 fully saturated rings. The van der Waals surface area contributed by atoms with E-state index in [1.165, 1.54) is 0 Å². The number of urea groups is 1. The molecule has 1 heterocycles. The topological polar surface area (TPSA) is 81.8 Å². The zero-order chi connectivity index (χ0) is 18.7. The first-order valence-electron chi connectivity index (χ1n) is 9.28. The first-order chi connectivity index (χ1) is 11.6. The minimum absolute atomic E-state index is 0.000499. The Kier molecular flexibility index (Phi) is 5.95. The van der Waals surface area contributed by atoms with Crippen LogP contribution in [0.25, 0.3) is 0 Å². The predicted octanol–water partition coefficient (Wildman–Crippen LogP) is 1.48. The lowest BCUT2D eigenvalue weighted by Gasteiger charge is -2.43. The predicted molar refractivity (Wildman–Crippen MR) is 96.1 cm³/mol. The van der Waals surface area contributed by atoms with Crippen LogP contribution >= 0.6 is 0 Å². The Morgan fingerprint density at radius 3 is 1.88 bits per heavy atom. The Labute approximate surface area is 150 Å². The summed E-state index contributed by atoms with van der Waals surface area (Å²) in [6.07, 6.45) is 4.33. The highest BCUT2D eigenvalue weighted by Crippen LogP contribution is 2.30. The van der Waals surface area contributed by atoms with E-state index in [-0.39, 0.29) is 23.4 Å². The normalized spacial score (nSPS) is 20.8. The second-order valence-electron chi connectivity index (χ2n) is 8.27. The van der Waals surface area contributed by atoms with Crippen molar-refractivity contribution in [3.05, 3.63) is 0 Å². The molecular weight excluding hydrogens is 320 g/mol. The van der Waals surface area contributed by atoms with E-state index in [1.54, 1.807) is 11.8 Å². The average molecular weight is 352 g/mol. The van der Waals surface area contributed by atoms with E-state index in [4.69, 9.17) is 0 Å². The van der Waals surface area contributed by atoms with E-state index in [0.29, 0.717) is 39.0 Å². The summed E-state index contributed by atoms with van der Waals surface area (Å²) in [5.41, 5.74) is -1.16. The van der Waals surface area contributed by atoms with Gasteiger partial charge < -0.3 is 20.4 Å². The number of nitrogens with zero attached hydrogens (tertiary/aromatic N) is 2. The molecule has 4 amide bonds. The molecule has 1 saturated carbocycles. The van der Waals surface area contributed by atoms with Crippen molar-refractivity contribution in [2.75, 3.05) is 26.2 Å². The minimum atomic E-state index is -0.814.